The summed E-state index contributed by atoms with van der Waals surface area (Å²) in [6.07, 6.45) is 5.02. The molecule has 1 saturated carbocycles. The van der Waals surface area contributed by atoms with E-state index in [4.69, 9.17) is 5.11 Å². The molecule has 0 aliphatic heterocycles. The molecule has 1 aliphatic rings. The molecule has 1 rings (SSSR count). The first-order valence-corrected chi connectivity index (χ1v) is 7.23. The molecule has 3 atom stereocenters. The second kappa shape index (κ2) is 8.02. The van der Waals surface area contributed by atoms with Gasteiger partial charge in [-0.1, -0.05) is 13.8 Å². The Morgan fingerprint density at radius 3 is 2.63 bits per heavy atom. The molecule has 0 bridgehead atoms. The Morgan fingerprint density at radius 1 is 1.32 bits per heavy atom. The Hall–Kier alpha value is -1.26. The lowest BCUT2D eigenvalue weighted by Gasteiger charge is -2.15. The maximum Gasteiger partial charge on any atom is 0.315 e. The smallest absolute Gasteiger partial charge is 0.315 e. The molecule has 0 aromatic rings. The molecule has 5 heteroatoms. The van der Waals surface area contributed by atoms with Gasteiger partial charge in [-0.25, -0.2) is 4.79 Å². The van der Waals surface area contributed by atoms with Crippen LogP contribution in [-0.2, 0) is 4.79 Å². The van der Waals surface area contributed by atoms with Crippen LogP contribution in [0.3, 0.4) is 0 Å². The lowest BCUT2D eigenvalue weighted by molar-refractivity contribution is -0.137. The van der Waals surface area contributed by atoms with E-state index in [0.717, 1.165) is 19.3 Å². The molecule has 0 saturated heterocycles. The topological polar surface area (TPSA) is 78.4 Å². The quantitative estimate of drug-likeness (QED) is 0.664. The average Bonchev–Trinajstić information content (AvgIpc) is 2.72. The molecule has 3 N–H and O–H groups in total. The first-order chi connectivity index (χ1) is 8.97. The highest BCUT2D eigenvalue weighted by Crippen LogP contribution is 2.24. The molecule has 0 heterocycles. The van der Waals surface area contributed by atoms with E-state index >= 15 is 0 Å². The second-order valence-electron chi connectivity index (χ2n) is 5.84. The summed E-state index contributed by atoms with van der Waals surface area (Å²) in [6, 6.07) is 0.226. The highest BCUT2D eigenvalue weighted by Gasteiger charge is 2.22. The number of hydrogen-bond donors (Lipinski definition) is 3. The van der Waals surface area contributed by atoms with Crippen molar-refractivity contribution in [2.45, 2.75) is 58.4 Å². The van der Waals surface area contributed by atoms with Crippen LogP contribution < -0.4 is 10.6 Å². The summed E-state index contributed by atoms with van der Waals surface area (Å²) in [7, 11) is 0. The molecule has 110 valence electrons. The molecule has 0 aromatic carbocycles. The third-order valence-corrected chi connectivity index (χ3v) is 3.80. The van der Waals surface area contributed by atoms with Crippen molar-refractivity contribution in [3.05, 3.63) is 0 Å². The van der Waals surface area contributed by atoms with Crippen LogP contribution in [0.5, 0.6) is 0 Å². The third kappa shape index (κ3) is 7.03. The number of urea groups is 1. The minimum atomic E-state index is -0.757. The molecule has 0 radical (unpaired) electrons. The number of rotatable bonds is 7. The summed E-state index contributed by atoms with van der Waals surface area (Å²) in [5.41, 5.74) is 0. The Bertz CT molecular complexity index is 307. The molecule has 0 spiro atoms. The number of carbonyl (C=O) groups excluding carboxylic acids is 1. The van der Waals surface area contributed by atoms with Gasteiger partial charge in [-0.2, -0.15) is 0 Å². The monoisotopic (exact) mass is 270 g/mol. The molecule has 3 unspecified atom stereocenters. The van der Waals surface area contributed by atoms with Crippen molar-refractivity contribution in [1.29, 1.82) is 0 Å². The Morgan fingerprint density at radius 2 is 2.05 bits per heavy atom. The van der Waals surface area contributed by atoms with Gasteiger partial charge in [-0.05, 0) is 43.9 Å². The first-order valence-electron chi connectivity index (χ1n) is 7.23. The molecular formula is C14H26N2O3. The summed E-state index contributed by atoms with van der Waals surface area (Å²) in [4.78, 5) is 22.1. The van der Waals surface area contributed by atoms with Gasteiger partial charge in [-0.3, -0.25) is 4.79 Å². The second-order valence-corrected chi connectivity index (χ2v) is 5.84. The number of aliphatic carboxylic acids is 1. The minimum absolute atomic E-state index is 0.0930. The minimum Gasteiger partial charge on any atom is -0.481 e. The van der Waals surface area contributed by atoms with Gasteiger partial charge < -0.3 is 15.7 Å². The van der Waals surface area contributed by atoms with Crippen LogP contribution in [0.1, 0.15) is 52.4 Å². The van der Waals surface area contributed by atoms with Crippen LogP contribution in [0.2, 0.25) is 0 Å². The maximum atomic E-state index is 11.6. The van der Waals surface area contributed by atoms with Crippen molar-refractivity contribution < 1.29 is 14.7 Å². The van der Waals surface area contributed by atoms with Crippen molar-refractivity contribution in [3.8, 4) is 0 Å². The SMILES string of the molecule is CC(CCNC(=O)NC1CCC(C)C1)CCC(=O)O. The van der Waals surface area contributed by atoms with Crippen molar-refractivity contribution >= 4 is 12.0 Å². The zero-order valence-electron chi connectivity index (χ0n) is 11.9. The normalized spacial score (nSPS) is 23.9. The maximum absolute atomic E-state index is 11.6. The van der Waals surface area contributed by atoms with Crippen LogP contribution in [-0.4, -0.2) is 29.7 Å². The number of carboxylic acid groups (broad SMARTS) is 1. The first kappa shape index (κ1) is 15.8. The molecule has 1 aliphatic carbocycles. The van der Waals surface area contributed by atoms with Gasteiger partial charge in [0.05, 0.1) is 0 Å². The van der Waals surface area contributed by atoms with Crippen LogP contribution in [0, 0.1) is 11.8 Å². The molecule has 2 amide bonds. The summed E-state index contributed by atoms with van der Waals surface area (Å²) in [6.45, 7) is 4.83. The summed E-state index contributed by atoms with van der Waals surface area (Å²) in [5, 5.41) is 14.4. The molecule has 19 heavy (non-hydrogen) atoms. The fourth-order valence-corrected chi connectivity index (χ4v) is 2.52. The Labute approximate surface area is 115 Å². The van der Waals surface area contributed by atoms with Gasteiger partial charge in [0.25, 0.3) is 0 Å². The zero-order valence-corrected chi connectivity index (χ0v) is 11.9. The highest BCUT2D eigenvalue weighted by molar-refractivity contribution is 5.74. The van der Waals surface area contributed by atoms with Crippen molar-refractivity contribution in [1.82, 2.24) is 10.6 Å². The van der Waals surface area contributed by atoms with E-state index in [9.17, 15) is 9.59 Å². The van der Waals surface area contributed by atoms with E-state index in [1.807, 2.05) is 6.92 Å². The predicted octanol–water partition coefficient (Wildman–Crippen LogP) is 2.37. The standard InChI is InChI=1S/C14H26N2O3/c1-10(4-6-13(17)18)7-8-15-14(19)16-12-5-3-11(2)9-12/h10-12H,3-9H2,1-2H3,(H,17,18)(H2,15,16,19). The van der Waals surface area contributed by atoms with Crippen molar-refractivity contribution in [3.63, 3.8) is 0 Å². The Kier molecular flexibility index (Phi) is 6.67. The van der Waals surface area contributed by atoms with Gasteiger partial charge in [0.1, 0.15) is 0 Å². The van der Waals surface area contributed by atoms with Crippen LogP contribution in [0.4, 0.5) is 4.79 Å². The number of hydrogen-bond acceptors (Lipinski definition) is 2. The zero-order chi connectivity index (χ0) is 14.3. The van der Waals surface area contributed by atoms with Gasteiger partial charge in [-0.15, -0.1) is 0 Å². The van der Waals surface area contributed by atoms with E-state index in [0.29, 0.717) is 30.8 Å². The van der Waals surface area contributed by atoms with Crippen LogP contribution >= 0.6 is 0 Å². The molecular weight excluding hydrogens is 244 g/mol. The van der Waals surface area contributed by atoms with E-state index in [1.54, 1.807) is 0 Å². The number of carbonyl (C=O) groups is 2. The molecule has 1 fully saturated rings. The van der Waals surface area contributed by atoms with Gasteiger partial charge in [0.15, 0.2) is 0 Å². The average molecular weight is 270 g/mol. The summed E-state index contributed by atoms with van der Waals surface area (Å²) in [5.74, 6) is 0.275. The highest BCUT2D eigenvalue weighted by atomic mass is 16.4. The van der Waals surface area contributed by atoms with Crippen molar-refractivity contribution in [2.24, 2.45) is 11.8 Å². The molecule has 0 aromatic heterocycles. The predicted molar refractivity (Wildman–Crippen MR) is 74.0 cm³/mol. The third-order valence-electron chi connectivity index (χ3n) is 3.80. The van der Waals surface area contributed by atoms with E-state index < -0.39 is 5.97 Å². The number of amides is 2. The van der Waals surface area contributed by atoms with Gasteiger partial charge in [0, 0.05) is 19.0 Å². The van der Waals surface area contributed by atoms with Crippen molar-refractivity contribution in [2.75, 3.05) is 6.54 Å². The lowest BCUT2D eigenvalue weighted by atomic mass is 10.0. The lowest BCUT2D eigenvalue weighted by Crippen LogP contribution is -2.41. The number of carboxylic acids is 1. The van der Waals surface area contributed by atoms with E-state index in [2.05, 4.69) is 17.6 Å². The Balaban J connectivity index is 2.05. The largest absolute Gasteiger partial charge is 0.481 e. The van der Waals surface area contributed by atoms with Gasteiger partial charge in [0.2, 0.25) is 0 Å². The van der Waals surface area contributed by atoms with E-state index in [1.165, 1.54) is 6.42 Å². The fraction of sp³-hybridized carbons (Fsp3) is 0.857. The van der Waals surface area contributed by atoms with E-state index in [-0.39, 0.29) is 12.5 Å². The van der Waals surface area contributed by atoms with Crippen LogP contribution in [0.15, 0.2) is 0 Å². The van der Waals surface area contributed by atoms with Gasteiger partial charge >= 0.3 is 12.0 Å². The summed E-state index contributed by atoms with van der Waals surface area (Å²) < 4.78 is 0. The molecule has 5 nitrogen and oxygen atoms in total. The fourth-order valence-electron chi connectivity index (χ4n) is 2.52. The number of nitrogens with one attached hydrogen (secondary N) is 2. The van der Waals surface area contributed by atoms with Crippen LogP contribution in [0.25, 0.3) is 0 Å². The summed E-state index contributed by atoms with van der Waals surface area (Å²) >= 11 is 0.